The van der Waals surface area contributed by atoms with Crippen molar-refractivity contribution in [2.75, 3.05) is 24.6 Å². The summed E-state index contributed by atoms with van der Waals surface area (Å²) in [4.78, 5) is 17.3. The van der Waals surface area contributed by atoms with Gasteiger partial charge in [-0.2, -0.15) is 0 Å². The van der Waals surface area contributed by atoms with Gasteiger partial charge in [-0.3, -0.25) is 4.79 Å². The molecule has 1 atom stereocenters. The maximum Gasteiger partial charge on any atom is 0.272 e. The summed E-state index contributed by atoms with van der Waals surface area (Å²) in [5.74, 6) is 0.580. The second kappa shape index (κ2) is 8.33. The van der Waals surface area contributed by atoms with E-state index >= 15 is 0 Å². The zero-order chi connectivity index (χ0) is 19.4. The van der Waals surface area contributed by atoms with Crippen molar-refractivity contribution >= 4 is 11.6 Å². The van der Waals surface area contributed by atoms with Gasteiger partial charge >= 0.3 is 0 Å². The lowest BCUT2D eigenvalue weighted by atomic mass is 9.90. The number of amides is 1. The molecule has 1 aromatic carbocycles. The molecule has 7 heteroatoms. The van der Waals surface area contributed by atoms with Crippen LogP contribution < -0.4 is 15.0 Å². The van der Waals surface area contributed by atoms with Crippen LogP contribution in [0.2, 0.25) is 0 Å². The van der Waals surface area contributed by atoms with Gasteiger partial charge in [-0.25, -0.2) is 13.8 Å². The fourth-order valence-electron chi connectivity index (χ4n) is 3.17. The number of nitrogens with one attached hydrogen (secondary N) is 1. The van der Waals surface area contributed by atoms with Crippen LogP contribution in [-0.2, 0) is 4.79 Å². The van der Waals surface area contributed by atoms with Crippen molar-refractivity contribution in [3.05, 3.63) is 53.7 Å². The summed E-state index contributed by atoms with van der Waals surface area (Å²) in [6.07, 6.45) is -0.943. The third-order valence-electron chi connectivity index (χ3n) is 4.65. The third-order valence-corrected chi connectivity index (χ3v) is 4.65. The molecule has 27 heavy (non-hydrogen) atoms. The standard InChI is InChI=1S/C20H23F2N3O2/c1-13(24-14(2)26)15-3-5-16(6-4-15)17-10-25(11-17)18-7-8-23-20(9-18)27-12-19(21)22/h3-9,13,17,19H,10-12H2,1-2H3,(H,24,26)/t13-/m0/s1. The SMILES string of the molecule is CC(=O)N[C@@H](C)c1ccc(C2CN(c3ccnc(OCC(F)F)c3)C2)cc1. The number of hydrogen-bond acceptors (Lipinski definition) is 4. The van der Waals surface area contributed by atoms with E-state index in [1.807, 2.05) is 25.1 Å². The first-order valence-electron chi connectivity index (χ1n) is 8.91. The van der Waals surface area contributed by atoms with Gasteiger partial charge in [-0.15, -0.1) is 0 Å². The molecular weight excluding hydrogens is 352 g/mol. The molecule has 0 saturated carbocycles. The summed E-state index contributed by atoms with van der Waals surface area (Å²) >= 11 is 0. The van der Waals surface area contributed by atoms with Gasteiger partial charge in [0, 0.05) is 43.9 Å². The Morgan fingerprint density at radius 2 is 2.00 bits per heavy atom. The van der Waals surface area contributed by atoms with Gasteiger partial charge in [0.05, 0.1) is 6.04 Å². The normalized spacial score (nSPS) is 15.4. The van der Waals surface area contributed by atoms with E-state index in [0.29, 0.717) is 5.92 Å². The van der Waals surface area contributed by atoms with E-state index < -0.39 is 13.0 Å². The maximum atomic E-state index is 12.3. The molecule has 1 fully saturated rings. The summed E-state index contributed by atoms with van der Waals surface area (Å²) in [5.41, 5.74) is 3.23. The first-order valence-corrected chi connectivity index (χ1v) is 8.91. The van der Waals surface area contributed by atoms with E-state index in [2.05, 4.69) is 27.3 Å². The Hall–Kier alpha value is -2.70. The van der Waals surface area contributed by atoms with Crippen molar-refractivity contribution in [2.45, 2.75) is 32.2 Å². The third kappa shape index (κ3) is 4.93. The highest BCUT2D eigenvalue weighted by Crippen LogP contribution is 2.33. The maximum absolute atomic E-state index is 12.3. The van der Waals surface area contributed by atoms with E-state index in [9.17, 15) is 13.6 Å². The summed E-state index contributed by atoms with van der Waals surface area (Å²) in [7, 11) is 0. The number of carbonyl (C=O) groups excluding carboxylic acids is 1. The highest BCUT2D eigenvalue weighted by atomic mass is 19.3. The van der Waals surface area contributed by atoms with Crippen LogP contribution in [0.5, 0.6) is 5.88 Å². The molecule has 5 nitrogen and oxygen atoms in total. The fourth-order valence-corrected chi connectivity index (χ4v) is 3.17. The van der Waals surface area contributed by atoms with E-state index in [-0.39, 0.29) is 17.8 Å². The van der Waals surface area contributed by atoms with Crippen LogP contribution in [0.15, 0.2) is 42.6 Å². The van der Waals surface area contributed by atoms with Gasteiger partial charge in [0.25, 0.3) is 6.43 Å². The fraction of sp³-hybridized carbons (Fsp3) is 0.400. The monoisotopic (exact) mass is 375 g/mol. The number of pyridine rings is 1. The lowest BCUT2D eigenvalue weighted by Gasteiger charge is -2.41. The number of aromatic nitrogens is 1. The van der Waals surface area contributed by atoms with E-state index in [1.54, 1.807) is 12.3 Å². The van der Waals surface area contributed by atoms with Crippen LogP contribution >= 0.6 is 0 Å². The van der Waals surface area contributed by atoms with Gasteiger partial charge in [-0.05, 0) is 24.1 Å². The van der Waals surface area contributed by atoms with Gasteiger partial charge in [0.1, 0.15) is 0 Å². The molecule has 1 aliphatic rings. The molecule has 0 bridgehead atoms. The number of ether oxygens (including phenoxy) is 1. The molecule has 1 saturated heterocycles. The second-order valence-corrected chi connectivity index (χ2v) is 6.75. The average molecular weight is 375 g/mol. The van der Waals surface area contributed by atoms with E-state index in [1.165, 1.54) is 12.5 Å². The van der Waals surface area contributed by atoms with Crippen molar-refractivity contribution in [3.8, 4) is 5.88 Å². The molecule has 144 valence electrons. The molecule has 1 N–H and O–H groups in total. The Kier molecular flexibility index (Phi) is 5.88. The largest absolute Gasteiger partial charge is 0.472 e. The number of anilines is 1. The quantitative estimate of drug-likeness (QED) is 0.804. The predicted octanol–water partition coefficient (Wildman–Crippen LogP) is 3.53. The van der Waals surface area contributed by atoms with Crippen molar-refractivity contribution in [1.29, 1.82) is 0 Å². The number of carbonyl (C=O) groups is 1. The molecular formula is C20H23F2N3O2. The molecule has 0 unspecified atom stereocenters. The van der Waals surface area contributed by atoms with Crippen molar-refractivity contribution < 1.29 is 18.3 Å². The van der Waals surface area contributed by atoms with Crippen LogP contribution in [0.25, 0.3) is 0 Å². The zero-order valence-corrected chi connectivity index (χ0v) is 15.4. The topological polar surface area (TPSA) is 54.5 Å². The minimum Gasteiger partial charge on any atom is -0.472 e. The van der Waals surface area contributed by atoms with Gasteiger partial charge in [-0.1, -0.05) is 24.3 Å². The molecule has 1 aliphatic heterocycles. The molecule has 0 radical (unpaired) electrons. The number of halogens is 2. The van der Waals surface area contributed by atoms with Crippen LogP contribution in [0.3, 0.4) is 0 Å². The molecule has 1 aromatic heterocycles. The van der Waals surface area contributed by atoms with Crippen LogP contribution in [0.1, 0.15) is 36.9 Å². The lowest BCUT2D eigenvalue weighted by Crippen LogP contribution is -2.45. The van der Waals surface area contributed by atoms with Crippen molar-refractivity contribution in [3.63, 3.8) is 0 Å². The minimum absolute atomic E-state index is 0.0158. The first-order chi connectivity index (χ1) is 12.9. The van der Waals surface area contributed by atoms with Crippen LogP contribution in [-0.4, -0.2) is 37.0 Å². The number of alkyl halides is 2. The summed E-state index contributed by atoms with van der Waals surface area (Å²) < 4.78 is 29.5. The smallest absolute Gasteiger partial charge is 0.272 e. The molecule has 1 amide bonds. The zero-order valence-electron chi connectivity index (χ0n) is 15.4. The molecule has 0 aliphatic carbocycles. The molecule has 2 aromatic rings. The molecule has 2 heterocycles. The Morgan fingerprint density at radius 1 is 1.30 bits per heavy atom. The van der Waals surface area contributed by atoms with Crippen LogP contribution in [0, 0.1) is 0 Å². The number of nitrogens with zero attached hydrogens (tertiary/aromatic N) is 2. The van der Waals surface area contributed by atoms with Crippen LogP contribution in [0.4, 0.5) is 14.5 Å². The predicted molar refractivity (Wildman–Crippen MR) is 99.4 cm³/mol. The minimum atomic E-state index is -2.51. The lowest BCUT2D eigenvalue weighted by molar-refractivity contribution is -0.119. The van der Waals surface area contributed by atoms with Gasteiger partial charge in [0.15, 0.2) is 6.61 Å². The Balaban J connectivity index is 1.56. The van der Waals surface area contributed by atoms with Gasteiger partial charge < -0.3 is 15.0 Å². The van der Waals surface area contributed by atoms with E-state index in [4.69, 9.17) is 4.74 Å². The highest BCUT2D eigenvalue weighted by Gasteiger charge is 2.28. The highest BCUT2D eigenvalue weighted by molar-refractivity contribution is 5.73. The summed E-state index contributed by atoms with van der Waals surface area (Å²) in [6.45, 7) is 4.51. The average Bonchev–Trinajstić information content (AvgIpc) is 2.59. The van der Waals surface area contributed by atoms with Gasteiger partial charge in [0.2, 0.25) is 11.8 Å². The van der Waals surface area contributed by atoms with Crippen molar-refractivity contribution in [1.82, 2.24) is 10.3 Å². The molecule has 3 rings (SSSR count). The van der Waals surface area contributed by atoms with E-state index in [0.717, 1.165) is 24.3 Å². The number of benzene rings is 1. The molecule has 0 spiro atoms. The van der Waals surface area contributed by atoms with Crippen molar-refractivity contribution in [2.24, 2.45) is 0 Å². The number of rotatable bonds is 7. The Morgan fingerprint density at radius 3 is 2.63 bits per heavy atom. The summed E-state index contributed by atoms with van der Waals surface area (Å²) in [5, 5.41) is 2.87. The Labute approximate surface area is 157 Å². The Bertz CT molecular complexity index is 777. The summed E-state index contributed by atoms with van der Waals surface area (Å²) in [6, 6.07) is 11.8. The first kappa shape index (κ1) is 19.1. The second-order valence-electron chi connectivity index (χ2n) is 6.75. The number of hydrogen-bond donors (Lipinski definition) is 1.